The van der Waals surface area contributed by atoms with Gasteiger partial charge >= 0.3 is 6.03 Å². The number of nitrogens with zero attached hydrogens (tertiary/aromatic N) is 2. The monoisotopic (exact) mass is 428 g/mol. The Morgan fingerprint density at radius 1 is 1.13 bits per heavy atom. The Hall–Kier alpha value is -2.61. The van der Waals surface area contributed by atoms with E-state index >= 15 is 0 Å². The summed E-state index contributed by atoms with van der Waals surface area (Å²) in [7, 11) is 1.56. The highest BCUT2D eigenvalue weighted by Crippen LogP contribution is 2.30. The van der Waals surface area contributed by atoms with E-state index in [4.69, 9.17) is 4.74 Å². The number of benzene rings is 1. The van der Waals surface area contributed by atoms with Crippen LogP contribution in [-0.2, 0) is 9.59 Å². The van der Waals surface area contributed by atoms with E-state index in [-0.39, 0.29) is 18.2 Å². The first-order valence-electron chi connectivity index (χ1n) is 11.4. The molecule has 3 aliphatic heterocycles. The number of urea groups is 1. The van der Waals surface area contributed by atoms with Gasteiger partial charge in [-0.25, -0.2) is 9.69 Å². The molecule has 0 aliphatic carbocycles. The second-order valence-corrected chi connectivity index (χ2v) is 8.72. The summed E-state index contributed by atoms with van der Waals surface area (Å²) in [6.45, 7) is 3.07. The molecule has 8 nitrogen and oxygen atoms in total. The van der Waals surface area contributed by atoms with Crippen LogP contribution in [0.2, 0.25) is 0 Å². The predicted molar refractivity (Wildman–Crippen MR) is 117 cm³/mol. The van der Waals surface area contributed by atoms with E-state index in [1.54, 1.807) is 31.4 Å². The van der Waals surface area contributed by atoms with Gasteiger partial charge in [0.25, 0.3) is 5.91 Å². The number of anilines is 1. The van der Waals surface area contributed by atoms with Crippen molar-refractivity contribution in [3.05, 3.63) is 24.3 Å². The third kappa shape index (κ3) is 4.84. The van der Waals surface area contributed by atoms with Crippen LogP contribution in [0.5, 0.6) is 5.75 Å². The van der Waals surface area contributed by atoms with Gasteiger partial charge in [-0.05, 0) is 75.4 Å². The smallest absolute Gasteiger partial charge is 0.329 e. The standard InChI is InChI=1S/C23H32N4O4/c1-31-18-9-7-17(8-10-18)27-22(29)19(25-23(27)30)11-12-21(28)24-15-16-5-4-14-26-13-3-2-6-20(16)26/h7-10,16,19-20H,2-6,11-15H2,1H3,(H,24,28)(H,25,30)/t16-,19-,20-/m1/s1. The maximum atomic E-state index is 12.7. The SMILES string of the molecule is COc1ccc(N2C(=O)N[C@H](CCC(=O)NC[C@H]3CCCN4CCCC[C@H]34)C2=O)cc1. The lowest BCUT2D eigenvalue weighted by Gasteiger charge is -2.44. The van der Waals surface area contributed by atoms with Crippen molar-refractivity contribution in [3.63, 3.8) is 0 Å². The summed E-state index contributed by atoms with van der Waals surface area (Å²) in [5.74, 6) is 0.778. The van der Waals surface area contributed by atoms with Crippen LogP contribution in [0.15, 0.2) is 24.3 Å². The van der Waals surface area contributed by atoms with Gasteiger partial charge in [-0.2, -0.15) is 0 Å². The van der Waals surface area contributed by atoms with Gasteiger partial charge in [0.2, 0.25) is 5.91 Å². The number of carbonyl (C=O) groups excluding carboxylic acids is 3. The zero-order valence-electron chi connectivity index (χ0n) is 18.1. The van der Waals surface area contributed by atoms with E-state index in [2.05, 4.69) is 15.5 Å². The molecule has 0 aromatic heterocycles. The molecule has 0 unspecified atom stereocenters. The number of ether oxygens (including phenoxy) is 1. The van der Waals surface area contributed by atoms with Gasteiger partial charge in [-0.3, -0.25) is 9.59 Å². The number of fused-ring (bicyclic) bond motifs is 1. The Kier molecular flexibility index (Phi) is 6.75. The topological polar surface area (TPSA) is 91.0 Å². The van der Waals surface area contributed by atoms with Crippen molar-refractivity contribution in [3.8, 4) is 5.75 Å². The Bertz CT molecular complexity index is 810. The summed E-state index contributed by atoms with van der Waals surface area (Å²) in [4.78, 5) is 41.2. The molecule has 1 aromatic carbocycles. The molecule has 0 saturated carbocycles. The zero-order chi connectivity index (χ0) is 21.8. The highest BCUT2D eigenvalue weighted by atomic mass is 16.5. The molecule has 31 heavy (non-hydrogen) atoms. The maximum Gasteiger partial charge on any atom is 0.329 e. The highest BCUT2D eigenvalue weighted by Gasteiger charge is 2.39. The number of amides is 4. The second kappa shape index (κ2) is 9.68. The van der Waals surface area contributed by atoms with Crippen LogP contribution in [0.3, 0.4) is 0 Å². The molecule has 0 radical (unpaired) electrons. The number of rotatable bonds is 7. The fourth-order valence-corrected chi connectivity index (χ4v) is 5.13. The first-order chi connectivity index (χ1) is 15.1. The summed E-state index contributed by atoms with van der Waals surface area (Å²) in [6, 6.07) is 6.21. The summed E-state index contributed by atoms with van der Waals surface area (Å²) in [6.07, 6.45) is 6.65. The fraction of sp³-hybridized carbons (Fsp3) is 0.609. The Morgan fingerprint density at radius 2 is 1.90 bits per heavy atom. The van der Waals surface area contributed by atoms with Gasteiger partial charge in [0, 0.05) is 19.0 Å². The number of nitrogens with one attached hydrogen (secondary N) is 2. The minimum atomic E-state index is -0.677. The summed E-state index contributed by atoms with van der Waals surface area (Å²) < 4.78 is 5.12. The lowest BCUT2D eigenvalue weighted by Crippen LogP contribution is -2.51. The first-order valence-corrected chi connectivity index (χ1v) is 11.4. The maximum absolute atomic E-state index is 12.7. The fourth-order valence-electron chi connectivity index (χ4n) is 5.13. The number of methoxy groups -OCH3 is 1. The molecule has 1 aromatic rings. The van der Waals surface area contributed by atoms with E-state index in [1.807, 2.05) is 0 Å². The Labute approximate surface area is 183 Å². The molecular formula is C23H32N4O4. The van der Waals surface area contributed by atoms with Gasteiger partial charge in [-0.1, -0.05) is 6.42 Å². The molecule has 168 valence electrons. The van der Waals surface area contributed by atoms with Crippen molar-refractivity contribution >= 4 is 23.5 Å². The molecule has 8 heteroatoms. The van der Waals surface area contributed by atoms with Crippen LogP contribution < -0.4 is 20.3 Å². The molecule has 4 amide bonds. The van der Waals surface area contributed by atoms with Crippen LogP contribution in [0, 0.1) is 5.92 Å². The molecule has 3 heterocycles. The van der Waals surface area contributed by atoms with Crippen LogP contribution in [0.4, 0.5) is 10.5 Å². The van der Waals surface area contributed by atoms with Gasteiger partial charge < -0.3 is 20.3 Å². The van der Waals surface area contributed by atoms with Crippen LogP contribution in [0.25, 0.3) is 0 Å². The predicted octanol–water partition coefficient (Wildman–Crippen LogP) is 2.28. The molecule has 3 saturated heterocycles. The Morgan fingerprint density at radius 3 is 2.68 bits per heavy atom. The summed E-state index contributed by atoms with van der Waals surface area (Å²) in [5.41, 5.74) is 0.490. The van der Waals surface area contributed by atoms with Gasteiger partial charge in [0.1, 0.15) is 11.8 Å². The number of hydrogen-bond donors (Lipinski definition) is 2. The lowest BCUT2D eigenvalue weighted by molar-refractivity contribution is -0.122. The minimum absolute atomic E-state index is 0.0575. The van der Waals surface area contributed by atoms with Gasteiger partial charge in [0.15, 0.2) is 0 Å². The van der Waals surface area contributed by atoms with E-state index in [9.17, 15) is 14.4 Å². The van der Waals surface area contributed by atoms with Crippen LogP contribution in [-0.4, -0.2) is 61.6 Å². The Balaban J connectivity index is 1.25. The second-order valence-electron chi connectivity index (χ2n) is 8.72. The normalized spacial score (nSPS) is 26.4. The minimum Gasteiger partial charge on any atom is -0.497 e. The molecule has 4 rings (SSSR count). The van der Waals surface area contributed by atoms with Crippen molar-refractivity contribution in [2.45, 2.75) is 57.0 Å². The van der Waals surface area contributed by atoms with Gasteiger partial charge in [-0.15, -0.1) is 0 Å². The van der Waals surface area contributed by atoms with Crippen LogP contribution >= 0.6 is 0 Å². The molecule has 0 bridgehead atoms. The van der Waals surface area contributed by atoms with Crippen molar-refractivity contribution in [2.75, 3.05) is 31.6 Å². The van der Waals surface area contributed by atoms with E-state index in [1.165, 1.54) is 38.8 Å². The third-order valence-electron chi connectivity index (χ3n) is 6.80. The van der Waals surface area contributed by atoms with E-state index in [0.717, 1.165) is 11.3 Å². The number of carbonyl (C=O) groups is 3. The molecule has 3 aliphatic rings. The first kappa shape index (κ1) is 21.6. The van der Waals surface area contributed by atoms with E-state index in [0.29, 0.717) is 36.4 Å². The van der Waals surface area contributed by atoms with Crippen molar-refractivity contribution < 1.29 is 19.1 Å². The molecule has 3 atom stereocenters. The highest BCUT2D eigenvalue weighted by molar-refractivity contribution is 6.21. The van der Waals surface area contributed by atoms with Crippen molar-refractivity contribution in [2.24, 2.45) is 5.92 Å². The molecule has 3 fully saturated rings. The number of imide groups is 1. The zero-order valence-corrected chi connectivity index (χ0v) is 18.1. The van der Waals surface area contributed by atoms with E-state index < -0.39 is 12.1 Å². The average Bonchev–Trinajstić information content (AvgIpc) is 3.09. The molecule has 2 N–H and O–H groups in total. The van der Waals surface area contributed by atoms with Crippen molar-refractivity contribution in [1.29, 1.82) is 0 Å². The largest absolute Gasteiger partial charge is 0.497 e. The third-order valence-corrected chi connectivity index (χ3v) is 6.80. The van der Waals surface area contributed by atoms with Gasteiger partial charge in [0.05, 0.1) is 12.8 Å². The number of piperidine rings is 2. The average molecular weight is 429 g/mol. The summed E-state index contributed by atoms with van der Waals surface area (Å²) >= 11 is 0. The van der Waals surface area contributed by atoms with Crippen molar-refractivity contribution in [1.82, 2.24) is 15.5 Å². The summed E-state index contributed by atoms with van der Waals surface area (Å²) in [5, 5.41) is 5.77. The lowest BCUT2D eigenvalue weighted by atomic mass is 9.83. The molecule has 0 spiro atoms. The quantitative estimate of drug-likeness (QED) is 0.651. The number of hydrogen-bond acceptors (Lipinski definition) is 5. The van der Waals surface area contributed by atoms with Crippen LogP contribution in [0.1, 0.15) is 44.9 Å². The molecular weight excluding hydrogens is 396 g/mol.